The zero-order valence-corrected chi connectivity index (χ0v) is 18.8. The molecule has 168 valence electrons. The fraction of sp³-hybridized carbons (Fsp3) is 0.667. The lowest BCUT2D eigenvalue weighted by Crippen LogP contribution is -2.55. The Labute approximate surface area is 180 Å². The van der Waals surface area contributed by atoms with Crippen molar-refractivity contribution in [2.75, 3.05) is 51.0 Å². The fourth-order valence-corrected chi connectivity index (χ4v) is 5.25. The standard InChI is InChI=1S/C21H34N4O4S/c1-17-6-3-4-8-20(17)23-21(26)22-11-13-25(18-9-14-29-15-10-18)19-7-5-12-24(16-19)30(2,27)28/h3-4,6,8,18-19H,5,7,9-16H2,1-2H3,(H2,22,23,26). The Morgan fingerprint density at radius 3 is 2.63 bits per heavy atom. The van der Waals surface area contributed by atoms with Gasteiger partial charge in [0, 0.05) is 57.2 Å². The molecule has 9 heteroatoms. The zero-order valence-electron chi connectivity index (χ0n) is 18.0. The van der Waals surface area contributed by atoms with Gasteiger partial charge in [0.2, 0.25) is 10.0 Å². The number of nitrogens with zero attached hydrogens (tertiary/aromatic N) is 2. The minimum absolute atomic E-state index is 0.165. The summed E-state index contributed by atoms with van der Waals surface area (Å²) < 4.78 is 31.2. The number of hydrogen-bond acceptors (Lipinski definition) is 5. The number of nitrogens with one attached hydrogen (secondary N) is 2. The Morgan fingerprint density at radius 2 is 1.93 bits per heavy atom. The lowest BCUT2D eigenvalue weighted by Gasteiger charge is -2.43. The molecule has 2 fully saturated rings. The van der Waals surface area contributed by atoms with Crippen molar-refractivity contribution in [2.24, 2.45) is 0 Å². The van der Waals surface area contributed by atoms with Crippen LogP contribution in [0, 0.1) is 6.92 Å². The summed E-state index contributed by atoms with van der Waals surface area (Å²) in [5.41, 5.74) is 1.81. The van der Waals surface area contributed by atoms with Crippen LogP contribution in [0.1, 0.15) is 31.2 Å². The molecule has 1 unspecified atom stereocenters. The van der Waals surface area contributed by atoms with E-state index in [0.29, 0.717) is 32.2 Å². The lowest BCUT2D eigenvalue weighted by atomic mass is 9.99. The Morgan fingerprint density at radius 1 is 1.20 bits per heavy atom. The summed E-state index contributed by atoms with van der Waals surface area (Å²) in [6.45, 7) is 5.72. The van der Waals surface area contributed by atoms with E-state index in [1.54, 1.807) is 4.31 Å². The molecule has 0 saturated carbocycles. The number of aryl methyl sites for hydroxylation is 1. The molecular formula is C21H34N4O4S. The molecule has 0 radical (unpaired) electrons. The molecule has 2 heterocycles. The highest BCUT2D eigenvalue weighted by molar-refractivity contribution is 7.88. The van der Waals surface area contributed by atoms with Crippen LogP contribution < -0.4 is 10.6 Å². The Kier molecular flexibility index (Phi) is 8.10. The van der Waals surface area contributed by atoms with Gasteiger partial charge in [-0.2, -0.15) is 0 Å². The minimum atomic E-state index is -3.19. The van der Waals surface area contributed by atoms with Gasteiger partial charge >= 0.3 is 6.03 Å². The quantitative estimate of drug-likeness (QED) is 0.680. The third-order valence-electron chi connectivity index (χ3n) is 6.01. The van der Waals surface area contributed by atoms with E-state index < -0.39 is 10.0 Å². The number of ether oxygens (including phenoxy) is 1. The largest absolute Gasteiger partial charge is 0.381 e. The minimum Gasteiger partial charge on any atom is -0.381 e. The molecule has 0 aliphatic carbocycles. The van der Waals surface area contributed by atoms with Gasteiger partial charge in [0.25, 0.3) is 0 Å². The van der Waals surface area contributed by atoms with Crippen molar-refractivity contribution in [2.45, 2.75) is 44.7 Å². The second-order valence-corrected chi connectivity index (χ2v) is 10.2. The number of rotatable bonds is 7. The predicted octanol–water partition coefficient (Wildman–Crippen LogP) is 2.02. The van der Waals surface area contributed by atoms with Crippen LogP contribution in [0.25, 0.3) is 0 Å². The maximum absolute atomic E-state index is 12.3. The van der Waals surface area contributed by atoms with Gasteiger partial charge in [-0.25, -0.2) is 17.5 Å². The van der Waals surface area contributed by atoms with Gasteiger partial charge in [-0.05, 0) is 44.2 Å². The SMILES string of the molecule is Cc1ccccc1NC(=O)NCCN(C1CCOCC1)C1CCCN(S(C)(=O)=O)C1. The maximum Gasteiger partial charge on any atom is 0.319 e. The number of benzene rings is 1. The van der Waals surface area contributed by atoms with Crippen LogP contribution in [0.4, 0.5) is 10.5 Å². The Bertz CT molecular complexity index is 811. The van der Waals surface area contributed by atoms with E-state index in [1.807, 2.05) is 31.2 Å². The summed E-state index contributed by atoms with van der Waals surface area (Å²) >= 11 is 0. The van der Waals surface area contributed by atoms with E-state index >= 15 is 0 Å². The number of amides is 2. The molecule has 1 atom stereocenters. The number of sulfonamides is 1. The second kappa shape index (κ2) is 10.6. The molecule has 2 N–H and O–H groups in total. The predicted molar refractivity (Wildman–Crippen MR) is 118 cm³/mol. The number of hydrogen-bond donors (Lipinski definition) is 2. The van der Waals surface area contributed by atoms with Gasteiger partial charge < -0.3 is 15.4 Å². The lowest BCUT2D eigenvalue weighted by molar-refractivity contribution is 0.00702. The average molecular weight is 439 g/mol. The van der Waals surface area contributed by atoms with E-state index in [4.69, 9.17) is 4.74 Å². The van der Waals surface area contributed by atoms with E-state index in [1.165, 1.54) is 6.26 Å². The Balaban J connectivity index is 1.59. The van der Waals surface area contributed by atoms with Gasteiger partial charge in [0.05, 0.1) is 6.26 Å². The maximum atomic E-state index is 12.3. The molecule has 8 nitrogen and oxygen atoms in total. The van der Waals surface area contributed by atoms with Crippen molar-refractivity contribution in [3.63, 3.8) is 0 Å². The first-order chi connectivity index (χ1) is 14.3. The number of piperidine rings is 1. The summed E-state index contributed by atoms with van der Waals surface area (Å²) in [6.07, 6.45) is 4.98. The summed E-state index contributed by atoms with van der Waals surface area (Å²) in [7, 11) is -3.19. The normalized spacial score (nSPS) is 21.5. The monoisotopic (exact) mass is 438 g/mol. The molecule has 0 spiro atoms. The summed E-state index contributed by atoms with van der Waals surface area (Å²) in [4.78, 5) is 14.7. The van der Waals surface area contributed by atoms with E-state index in [0.717, 1.165) is 50.1 Å². The van der Waals surface area contributed by atoms with Crippen LogP contribution in [-0.2, 0) is 14.8 Å². The Hall–Kier alpha value is -1.68. The topological polar surface area (TPSA) is 91.0 Å². The van der Waals surface area contributed by atoms with Crippen LogP contribution in [0.3, 0.4) is 0 Å². The number of anilines is 1. The molecule has 0 aromatic heterocycles. The molecule has 2 saturated heterocycles. The third-order valence-corrected chi connectivity index (χ3v) is 7.28. The van der Waals surface area contributed by atoms with Crippen LogP contribution in [0.15, 0.2) is 24.3 Å². The molecule has 2 amide bonds. The van der Waals surface area contributed by atoms with E-state index in [-0.39, 0.29) is 12.1 Å². The van der Waals surface area contributed by atoms with Crippen molar-refractivity contribution in [1.29, 1.82) is 0 Å². The molecule has 30 heavy (non-hydrogen) atoms. The molecule has 3 rings (SSSR count). The number of urea groups is 1. The molecule has 2 aliphatic rings. The van der Waals surface area contributed by atoms with Gasteiger partial charge in [-0.1, -0.05) is 18.2 Å². The highest BCUT2D eigenvalue weighted by Gasteiger charge is 2.33. The smallest absolute Gasteiger partial charge is 0.319 e. The number of para-hydroxylation sites is 1. The summed E-state index contributed by atoms with van der Waals surface area (Å²) in [6, 6.07) is 7.96. The van der Waals surface area contributed by atoms with Gasteiger partial charge in [-0.15, -0.1) is 0 Å². The van der Waals surface area contributed by atoms with Crippen LogP contribution in [-0.4, -0.2) is 81.4 Å². The van der Waals surface area contributed by atoms with Crippen LogP contribution in [0.2, 0.25) is 0 Å². The van der Waals surface area contributed by atoms with Crippen LogP contribution in [0.5, 0.6) is 0 Å². The highest BCUT2D eigenvalue weighted by Crippen LogP contribution is 2.24. The van der Waals surface area contributed by atoms with E-state index in [9.17, 15) is 13.2 Å². The first kappa shape index (κ1) is 23.0. The molecule has 1 aromatic rings. The van der Waals surface area contributed by atoms with Gasteiger partial charge in [0.1, 0.15) is 0 Å². The molecule has 0 bridgehead atoms. The van der Waals surface area contributed by atoms with Crippen molar-refractivity contribution in [3.05, 3.63) is 29.8 Å². The van der Waals surface area contributed by atoms with Crippen molar-refractivity contribution in [3.8, 4) is 0 Å². The first-order valence-corrected chi connectivity index (χ1v) is 12.6. The highest BCUT2D eigenvalue weighted by atomic mass is 32.2. The average Bonchev–Trinajstić information content (AvgIpc) is 2.73. The van der Waals surface area contributed by atoms with Gasteiger partial charge in [0.15, 0.2) is 0 Å². The number of carbonyl (C=O) groups is 1. The molecule has 1 aromatic carbocycles. The fourth-order valence-electron chi connectivity index (χ4n) is 4.35. The molecule has 2 aliphatic heterocycles. The molecular weight excluding hydrogens is 404 g/mol. The first-order valence-electron chi connectivity index (χ1n) is 10.7. The second-order valence-electron chi connectivity index (χ2n) is 8.19. The summed E-state index contributed by atoms with van der Waals surface area (Å²) in [5, 5.41) is 5.85. The zero-order chi connectivity index (χ0) is 21.6. The third kappa shape index (κ3) is 6.41. The van der Waals surface area contributed by atoms with Crippen molar-refractivity contribution >= 4 is 21.7 Å². The van der Waals surface area contributed by atoms with Crippen molar-refractivity contribution < 1.29 is 17.9 Å². The van der Waals surface area contributed by atoms with Crippen LogP contribution >= 0.6 is 0 Å². The number of carbonyl (C=O) groups excluding carboxylic acids is 1. The van der Waals surface area contributed by atoms with E-state index in [2.05, 4.69) is 15.5 Å². The summed E-state index contributed by atoms with van der Waals surface area (Å²) in [5.74, 6) is 0. The van der Waals surface area contributed by atoms with Gasteiger partial charge in [-0.3, -0.25) is 4.90 Å². The van der Waals surface area contributed by atoms with Crippen molar-refractivity contribution in [1.82, 2.24) is 14.5 Å².